The molecule has 0 unspecified atom stereocenters. The number of methoxy groups -OCH3 is 1. The zero-order valence-corrected chi connectivity index (χ0v) is 12.9. The minimum absolute atomic E-state index is 0.170. The monoisotopic (exact) mass is 299 g/mol. The van der Waals surface area contributed by atoms with Crippen molar-refractivity contribution in [2.45, 2.75) is 19.4 Å². The van der Waals surface area contributed by atoms with Gasteiger partial charge in [-0.1, -0.05) is 42.5 Å². The van der Waals surface area contributed by atoms with Gasteiger partial charge in [0.15, 0.2) is 0 Å². The lowest BCUT2D eigenvalue weighted by atomic mass is 10.0. The number of nitrogens with one attached hydrogen (secondary N) is 1. The molecule has 0 saturated carbocycles. The van der Waals surface area contributed by atoms with Crippen LogP contribution in [0.5, 0.6) is 5.75 Å². The van der Waals surface area contributed by atoms with Gasteiger partial charge in [-0.15, -0.1) is 0 Å². The molecule has 22 heavy (non-hydrogen) atoms. The van der Waals surface area contributed by atoms with Crippen molar-refractivity contribution >= 4 is 11.7 Å². The highest BCUT2D eigenvalue weighted by Crippen LogP contribution is 2.29. The van der Waals surface area contributed by atoms with E-state index in [0.29, 0.717) is 6.61 Å². The van der Waals surface area contributed by atoms with Crippen molar-refractivity contribution in [2.75, 3.05) is 19.0 Å². The molecule has 0 saturated heterocycles. The standard InChI is InChI=1S/C18H21NO3/c1-3-22-18(20)13-16(14-9-5-4-6-10-14)19-15-11-7-8-12-17(15)21-2/h4-12,16,19H,3,13H2,1-2H3/t16-/m0/s1. The van der Waals surface area contributed by atoms with Gasteiger partial charge in [-0.25, -0.2) is 0 Å². The summed E-state index contributed by atoms with van der Waals surface area (Å²) in [7, 11) is 1.63. The number of hydrogen-bond acceptors (Lipinski definition) is 4. The number of rotatable bonds is 7. The molecule has 2 aromatic carbocycles. The zero-order valence-electron chi connectivity index (χ0n) is 12.9. The van der Waals surface area contributed by atoms with E-state index in [9.17, 15) is 4.79 Å². The van der Waals surface area contributed by atoms with Crippen molar-refractivity contribution in [2.24, 2.45) is 0 Å². The third-order valence-electron chi connectivity index (χ3n) is 3.31. The number of carbonyl (C=O) groups excluding carboxylic acids is 1. The van der Waals surface area contributed by atoms with Gasteiger partial charge in [0.25, 0.3) is 0 Å². The molecule has 0 spiro atoms. The highest BCUT2D eigenvalue weighted by molar-refractivity contribution is 5.71. The summed E-state index contributed by atoms with van der Waals surface area (Å²) in [4.78, 5) is 11.9. The predicted molar refractivity (Wildman–Crippen MR) is 87.0 cm³/mol. The van der Waals surface area contributed by atoms with E-state index in [4.69, 9.17) is 9.47 Å². The van der Waals surface area contributed by atoms with Crippen molar-refractivity contribution in [1.82, 2.24) is 0 Å². The van der Waals surface area contributed by atoms with Crippen LogP contribution < -0.4 is 10.1 Å². The SMILES string of the molecule is CCOC(=O)C[C@H](Nc1ccccc1OC)c1ccccc1. The van der Waals surface area contributed by atoms with Crippen LogP contribution in [0.1, 0.15) is 24.9 Å². The van der Waals surface area contributed by atoms with Gasteiger partial charge in [0.1, 0.15) is 5.75 Å². The maximum atomic E-state index is 11.9. The van der Waals surface area contributed by atoms with Gasteiger partial charge in [0, 0.05) is 0 Å². The molecule has 0 bridgehead atoms. The van der Waals surface area contributed by atoms with Crippen LogP contribution >= 0.6 is 0 Å². The number of hydrogen-bond donors (Lipinski definition) is 1. The third-order valence-corrected chi connectivity index (χ3v) is 3.31. The number of para-hydroxylation sites is 2. The van der Waals surface area contributed by atoms with Crippen molar-refractivity contribution in [1.29, 1.82) is 0 Å². The molecule has 4 nitrogen and oxygen atoms in total. The molecule has 0 heterocycles. The van der Waals surface area contributed by atoms with E-state index in [-0.39, 0.29) is 18.4 Å². The molecule has 2 rings (SSSR count). The lowest BCUT2D eigenvalue weighted by molar-refractivity contribution is -0.143. The first-order valence-corrected chi connectivity index (χ1v) is 7.34. The quantitative estimate of drug-likeness (QED) is 0.790. The number of anilines is 1. The fourth-order valence-electron chi connectivity index (χ4n) is 2.28. The first kappa shape index (κ1) is 15.9. The van der Waals surface area contributed by atoms with E-state index in [1.54, 1.807) is 7.11 Å². The fraction of sp³-hybridized carbons (Fsp3) is 0.278. The van der Waals surface area contributed by atoms with Crippen LogP contribution in [0.2, 0.25) is 0 Å². The number of esters is 1. The summed E-state index contributed by atoms with van der Waals surface area (Å²) in [5, 5.41) is 3.38. The third kappa shape index (κ3) is 4.25. The Morgan fingerprint density at radius 1 is 1.09 bits per heavy atom. The molecular weight excluding hydrogens is 278 g/mol. The zero-order chi connectivity index (χ0) is 15.8. The average Bonchev–Trinajstić information content (AvgIpc) is 2.56. The Balaban J connectivity index is 2.22. The van der Waals surface area contributed by atoms with Gasteiger partial charge in [-0.3, -0.25) is 4.79 Å². The Kier molecular flexibility index (Phi) is 5.83. The van der Waals surface area contributed by atoms with Crippen LogP contribution in [-0.4, -0.2) is 19.7 Å². The highest BCUT2D eigenvalue weighted by atomic mass is 16.5. The van der Waals surface area contributed by atoms with E-state index in [2.05, 4.69) is 5.32 Å². The van der Waals surface area contributed by atoms with E-state index < -0.39 is 0 Å². The molecule has 4 heteroatoms. The summed E-state index contributed by atoms with van der Waals surface area (Å²) < 4.78 is 10.4. The lowest BCUT2D eigenvalue weighted by Crippen LogP contribution is -2.17. The van der Waals surface area contributed by atoms with Crippen LogP contribution in [0.15, 0.2) is 54.6 Å². The number of benzene rings is 2. The van der Waals surface area contributed by atoms with Crippen molar-refractivity contribution in [3.05, 3.63) is 60.2 Å². The Bertz CT molecular complexity index is 598. The van der Waals surface area contributed by atoms with Gasteiger partial charge in [0.05, 0.1) is 31.9 Å². The van der Waals surface area contributed by atoms with Gasteiger partial charge >= 0.3 is 5.97 Å². The van der Waals surface area contributed by atoms with E-state index >= 15 is 0 Å². The second kappa shape index (κ2) is 8.08. The molecule has 0 aliphatic heterocycles. The Morgan fingerprint density at radius 2 is 1.77 bits per heavy atom. The Labute approximate surface area is 131 Å². The highest BCUT2D eigenvalue weighted by Gasteiger charge is 2.18. The van der Waals surface area contributed by atoms with Gasteiger partial charge in [0.2, 0.25) is 0 Å². The minimum Gasteiger partial charge on any atom is -0.495 e. The van der Waals surface area contributed by atoms with Gasteiger partial charge < -0.3 is 14.8 Å². The lowest BCUT2D eigenvalue weighted by Gasteiger charge is -2.21. The summed E-state index contributed by atoms with van der Waals surface area (Å²) in [6.07, 6.45) is 0.260. The molecular formula is C18H21NO3. The molecule has 2 aromatic rings. The summed E-state index contributed by atoms with van der Waals surface area (Å²) in [6, 6.07) is 17.3. The van der Waals surface area contributed by atoms with E-state index in [1.807, 2.05) is 61.5 Å². The molecule has 0 aliphatic carbocycles. The average molecular weight is 299 g/mol. The molecule has 1 atom stereocenters. The molecule has 0 aliphatic rings. The van der Waals surface area contributed by atoms with Crippen LogP contribution in [0.4, 0.5) is 5.69 Å². The molecule has 1 N–H and O–H groups in total. The largest absolute Gasteiger partial charge is 0.495 e. The molecule has 0 amide bonds. The van der Waals surface area contributed by atoms with E-state index in [0.717, 1.165) is 17.0 Å². The summed E-state index contributed by atoms with van der Waals surface area (Å²) in [5.74, 6) is 0.519. The van der Waals surface area contributed by atoms with Crippen molar-refractivity contribution in [3.63, 3.8) is 0 Å². The predicted octanol–water partition coefficient (Wildman–Crippen LogP) is 3.80. The maximum Gasteiger partial charge on any atom is 0.308 e. The summed E-state index contributed by atoms with van der Waals surface area (Å²) in [5.41, 5.74) is 1.88. The van der Waals surface area contributed by atoms with Crippen LogP contribution in [0.25, 0.3) is 0 Å². The van der Waals surface area contributed by atoms with Crippen LogP contribution in [-0.2, 0) is 9.53 Å². The van der Waals surface area contributed by atoms with Gasteiger partial charge in [-0.05, 0) is 24.6 Å². The fourth-order valence-corrected chi connectivity index (χ4v) is 2.28. The minimum atomic E-state index is -0.223. The van der Waals surface area contributed by atoms with Crippen molar-refractivity contribution < 1.29 is 14.3 Å². The molecule has 0 radical (unpaired) electrons. The number of carbonyl (C=O) groups is 1. The summed E-state index contributed by atoms with van der Waals surface area (Å²) >= 11 is 0. The number of ether oxygens (including phenoxy) is 2. The van der Waals surface area contributed by atoms with Crippen LogP contribution in [0.3, 0.4) is 0 Å². The molecule has 116 valence electrons. The second-order valence-corrected chi connectivity index (χ2v) is 4.82. The van der Waals surface area contributed by atoms with Crippen molar-refractivity contribution in [3.8, 4) is 5.75 Å². The second-order valence-electron chi connectivity index (χ2n) is 4.82. The summed E-state index contributed by atoms with van der Waals surface area (Å²) in [6.45, 7) is 2.19. The first-order chi connectivity index (χ1) is 10.7. The molecule has 0 fully saturated rings. The topological polar surface area (TPSA) is 47.6 Å². The van der Waals surface area contributed by atoms with E-state index in [1.165, 1.54) is 0 Å². The maximum absolute atomic E-state index is 11.9. The van der Waals surface area contributed by atoms with Gasteiger partial charge in [-0.2, -0.15) is 0 Å². The Hall–Kier alpha value is -2.49. The smallest absolute Gasteiger partial charge is 0.308 e. The normalized spacial score (nSPS) is 11.5. The first-order valence-electron chi connectivity index (χ1n) is 7.34. The molecule has 0 aromatic heterocycles. The Morgan fingerprint density at radius 3 is 2.45 bits per heavy atom. The van der Waals surface area contributed by atoms with Crippen LogP contribution in [0, 0.1) is 0 Å².